The van der Waals surface area contributed by atoms with Crippen LogP contribution in [-0.4, -0.2) is 11.8 Å². The maximum atomic E-state index is 13.5. The molecule has 0 radical (unpaired) electrons. The molecule has 0 atom stereocenters. The summed E-state index contributed by atoms with van der Waals surface area (Å²) in [5.74, 6) is -1.74. The number of halogens is 4. The molecule has 0 aliphatic carbocycles. The summed E-state index contributed by atoms with van der Waals surface area (Å²) in [7, 11) is 0. The Bertz CT molecular complexity index is 828. The second-order valence-corrected chi connectivity index (χ2v) is 6.33. The monoisotopic (exact) mass is 430 g/mol. The number of amides is 2. The van der Waals surface area contributed by atoms with Crippen LogP contribution in [0, 0.1) is 5.82 Å². The van der Waals surface area contributed by atoms with Crippen molar-refractivity contribution in [3.05, 3.63) is 73.9 Å². The summed E-state index contributed by atoms with van der Waals surface area (Å²) in [5, 5.41) is 0.527. The standard InChI is InChI=1S/C16H10BrCl2FN2O2/c17-10-2-5-14(20)9(7-10)1-6-15(23)21-22-16(24)12-8-11(18)3-4-13(12)19/h1-8H,(H,21,23)(H,22,24)/b6-1+. The summed E-state index contributed by atoms with van der Waals surface area (Å²) in [6, 6.07) is 8.71. The van der Waals surface area contributed by atoms with E-state index in [9.17, 15) is 14.0 Å². The van der Waals surface area contributed by atoms with Crippen LogP contribution in [0.3, 0.4) is 0 Å². The molecule has 2 rings (SSSR count). The van der Waals surface area contributed by atoms with Crippen LogP contribution >= 0.6 is 39.1 Å². The summed E-state index contributed by atoms with van der Waals surface area (Å²) in [6.07, 6.45) is 2.37. The molecule has 0 aliphatic heterocycles. The van der Waals surface area contributed by atoms with Gasteiger partial charge in [-0.1, -0.05) is 39.1 Å². The molecule has 0 unspecified atom stereocenters. The molecule has 0 bridgehead atoms. The highest BCUT2D eigenvalue weighted by Crippen LogP contribution is 2.20. The Hall–Kier alpha value is -1.89. The van der Waals surface area contributed by atoms with Gasteiger partial charge in [-0.15, -0.1) is 0 Å². The Morgan fingerprint density at radius 1 is 1.08 bits per heavy atom. The van der Waals surface area contributed by atoms with Crippen molar-refractivity contribution in [3.8, 4) is 0 Å². The van der Waals surface area contributed by atoms with Crippen molar-refractivity contribution in [2.45, 2.75) is 0 Å². The lowest BCUT2D eigenvalue weighted by molar-refractivity contribution is -0.117. The van der Waals surface area contributed by atoms with Crippen molar-refractivity contribution in [1.82, 2.24) is 10.9 Å². The fourth-order valence-corrected chi connectivity index (χ4v) is 2.46. The van der Waals surface area contributed by atoms with Gasteiger partial charge in [0.1, 0.15) is 5.82 Å². The molecule has 124 valence electrons. The van der Waals surface area contributed by atoms with E-state index in [1.165, 1.54) is 36.4 Å². The number of rotatable bonds is 3. The third kappa shape index (κ3) is 5.06. The number of benzene rings is 2. The zero-order valence-electron chi connectivity index (χ0n) is 11.9. The van der Waals surface area contributed by atoms with Crippen LogP contribution in [0.4, 0.5) is 4.39 Å². The number of carbonyl (C=O) groups excluding carboxylic acids is 2. The van der Waals surface area contributed by atoms with Crippen molar-refractivity contribution in [2.75, 3.05) is 0 Å². The van der Waals surface area contributed by atoms with Crippen molar-refractivity contribution in [1.29, 1.82) is 0 Å². The fraction of sp³-hybridized carbons (Fsp3) is 0. The Morgan fingerprint density at radius 2 is 1.83 bits per heavy atom. The van der Waals surface area contributed by atoms with Crippen molar-refractivity contribution in [2.24, 2.45) is 0 Å². The summed E-state index contributed by atoms with van der Waals surface area (Å²) < 4.78 is 14.2. The first kappa shape index (κ1) is 18.4. The zero-order valence-corrected chi connectivity index (χ0v) is 15.0. The summed E-state index contributed by atoms with van der Waals surface area (Å²) in [5.41, 5.74) is 4.71. The SMILES string of the molecule is O=C(/C=C/c1cc(Br)ccc1F)NNC(=O)c1cc(Cl)ccc1Cl. The van der Waals surface area contributed by atoms with E-state index in [1.807, 2.05) is 0 Å². The van der Waals surface area contributed by atoms with Gasteiger partial charge in [0.15, 0.2) is 0 Å². The lowest BCUT2D eigenvalue weighted by atomic mass is 10.2. The van der Waals surface area contributed by atoms with Gasteiger partial charge < -0.3 is 0 Å². The van der Waals surface area contributed by atoms with Gasteiger partial charge in [-0.3, -0.25) is 20.4 Å². The molecule has 24 heavy (non-hydrogen) atoms. The lowest BCUT2D eigenvalue weighted by Gasteiger charge is -2.07. The number of hydrogen-bond donors (Lipinski definition) is 2. The van der Waals surface area contributed by atoms with E-state index in [0.717, 1.165) is 6.08 Å². The van der Waals surface area contributed by atoms with Crippen molar-refractivity contribution < 1.29 is 14.0 Å². The summed E-state index contributed by atoms with van der Waals surface area (Å²) >= 11 is 14.9. The first-order valence-electron chi connectivity index (χ1n) is 6.55. The molecular weight excluding hydrogens is 422 g/mol. The largest absolute Gasteiger partial charge is 0.271 e. The highest BCUT2D eigenvalue weighted by atomic mass is 79.9. The third-order valence-electron chi connectivity index (χ3n) is 2.84. The Balaban J connectivity index is 1.98. The fourth-order valence-electron chi connectivity index (χ4n) is 1.71. The van der Waals surface area contributed by atoms with E-state index in [-0.39, 0.29) is 16.1 Å². The number of hydrazine groups is 1. The minimum atomic E-state index is -0.638. The van der Waals surface area contributed by atoms with Gasteiger partial charge in [0.2, 0.25) is 0 Å². The molecule has 2 N–H and O–H groups in total. The molecule has 0 saturated carbocycles. The maximum absolute atomic E-state index is 13.5. The van der Waals surface area contributed by atoms with E-state index in [2.05, 4.69) is 26.8 Å². The predicted octanol–water partition coefficient (Wildman–Crippen LogP) is 4.37. The predicted molar refractivity (Wildman–Crippen MR) is 95.2 cm³/mol. The highest BCUT2D eigenvalue weighted by Gasteiger charge is 2.11. The molecule has 8 heteroatoms. The summed E-state index contributed by atoms with van der Waals surface area (Å²) in [4.78, 5) is 23.6. The van der Waals surface area contributed by atoms with Crippen LogP contribution < -0.4 is 10.9 Å². The molecule has 2 aromatic carbocycles. The van der Waals surface area contributed by atoms with E-state index in [1.54, 1.807) is 6.07 Å². The Morgan fingerprint density at radius 3 is 2.58 bits per heavy atom. The molecule has 4 nitrogen and oxygen atoms in total. The molecule has 0 aromatic heterocycles. The van der Waals surface area contributed by atoms with Gasteiger partial charge in [0.05, 0.1) is 10.6 Å². The minimum Gasteiger partial charge on any atom is -0.268 e. The molecule has 2 amide bonds. The van der Waals surface area contributed by atoms with E-state index in [4.69, 9.17) is 23.2 Å². The van der Waals surface area contributed by atoms with Gasteiger partial charge in [-0.25, -0.2) is 4.39 Å². The molecule has 0 heterocycles. The maximum Gasteiger partial charge on any atom is 0.271 e. The van der Waals surface area contributed by atoms with Gasteiger partial charge in [-0.2, -0.15) is 0 Å². The van der Waals surface area contributed by atoms with Crippen LogP contribution in [-0.2, 0) is 4.79 Å². The lowest BCUT2D eigenvalue weighted by Crippen LogP contribution is -2.40. The number of hydrogen-bond acceptors (Lipinski definition) is 2. The number of carbonyl (C=O) groups is 2. The van der Waals surface area contributed by atoms with Crippen LogP contribution in [0.2, 0.25) is 10.0 Å². The quantitative estimate of drug-likeness (QED) is 0.560. The van der Waals surface area contributed by atoms with Crippen LogP contribution in [0.1, 0.15) is 15.9 Å². The molecule has 0 aliphatic rings. The van der Waals surface area contributed by atoms with Gasteiger partial charge in [-0.05, 0) is 42.5 Å². The smallest absolute Gasteiger partial charge is 0.268 e. The third-order valence-corrected chi connectivity index (χ3v) is 3.90. The average molecular weight is 432 g/mol. The van der Waals surface area contributed by atoms with Crippen molar-refractivity contribution in [3.63, 3.8) is 0 Å². The molecule has 0 spiro atoms. The molecule has 2 aromatic rings. The molecule has 0 fully saturated rings. The number of nitrogens with one attached hydrogen (secondary N) is 2. The first-order chi connectivity index (χ1) is 11.4. The average Bonchev–Trinajstić information content (AvgIpc) is 2.55. The second kappa shape index (κ2) is 8.28. The van der Waals surface area contributed by atoms with Crippen LogP contribution in [0.5, 0.6) is 0 Å². The van der Waals surface area contributed by atoms with Gasteiger partial charge >= 0.3 is 0 Å². The summed E-state index contributed by atoms with van der Waals surface area (Å²) in [6.45, 7) is 0. The zero-order chi connectivity index (χ0) is 17.7. The van der Waals surface area contributed by atoms with Crippen LogP contribution in [0.15, 0.2) is 46.9 Å². The van der Waals surface area contributed by atoms with Gasteiger partial charge in [0.25, 0.3) is 11.8 Å². The first-order valence-corrected chi connectivity index (χ1v) is 8.10. The second-order valence-electron chi connectivity index (χ2n) is 4.57. The Labute approximate surface area is 155 Å². The Kier molecular flexibility index (Phi) is 6.36. The topological polar surface area (TPSA) is 58.2 Å². The van der Waals surface area contributed by atoms with E-state index < -0.39 is 17.6 Å². The van der Waals surface area contributed by atoms with E-state index >= 15 is 0 Å². The van der Waals surface area contributed by atoms with Gasteiger partial charge in [0, 0.05) is 21.1 Å². The molecular formula is C16H10BrCl2FN2O2. The normalized spacial score (nSPS) is 10.7. The highest BCUT2D eigenvalue weighted by molar-refractivity contribution is 9.10. The van der Waals surface area contributed by atoms with Crippen molar-refractivity contribution >= 4 is 57.0 Å². The van der Waals surface area contributed by atoms with Crippen LogP contribution in [0.25, 0.3) is 6.08 Å². The minimum absolute atomic E-state index is 0.117. The molecule has 0 saturated heterocycles. The van der Waals surface area contributed by atoms with E-state index in [0.29, 0.717) is 9.50 Å².